The minimum atomic E-state index is -0.175. The van der Waals surface area contributed by atoms with Crippen molar-refractivity contribution in [3.63, 3.8) is 0 Å². The van der Waals surface area contributed by atoms with Crippen LogP contribution in [0.15, 0.2) is 48.5 Å². The van der Waals surface area contributed by atoms with Crippen molar-refractivity contribution in [3.05, 3.63) is 54.1 Å². The van der Waals surface area contributed by atoms with Crippen LogP contribution in [0.3, 0.4) is 0 Å². The number of hydrogen-bond acceptors (Lipinski definition) is 4. The van der Waals surface area contributed by atoms with Gasteiger partial charge in [-0.2, -0.15) is 0 Å². The summed E-state index contributed by atoms with van der Waals surface area (Å²) < 4.78 is 5.63. The van der Waals surface area contributed by atoms with Crippen molar-refractivity contribution in [2.75, 3.05) is 23.7 Å². The minimum absolute atomic E-state index is 0.0935. The topological polar surface area (TPSA) is 79.5 Å². The Kier molecular flexibility index (Phi) is 7.02. The lowest BCUT2D eigenvalue weighted by Gasteiger charge is -2.12. The van der Waals surface area contributed by atoms with E-state index in [4.69, 9.17) is 4.74 Å². The molecule has 3 N–H and O–H groups in total. The van der Waals surface area contributed by atoms with E-state index >= 15 is 0 Å². The maximum atomic E-state index is 12.1. The summed E-state index contributed by atoms with van der Waals surface area (Å²) in [5.41, 5.74) is 2.01. The Balaban J connectivity index is 1.86. The molecule has 0 atom stereocenters. The zero-order valence-corrected chi connectivity index (χ0v) is 15.3. The lowest BCUT2D eigenvalue weighted by molar-refractivity contribution is -0.114. The van der Waals surface area contributed by atoms with E-state index in [0.717, 1.165) is 11.4 Å². The van der Waals surface area contributed by atoms with Crippen LogP contribution in [0.4, 0.5) is 11.4 Å². The Morgan fingerprint density at radius 3 is 2.42 bits per heavy atom. The Hall–Kier alpha value is -3.02. The molecule has 2 amide bonds. The summed E-state index contributed by atoms with van der Waals surface area (Å²) in [5.74, 6) is 0.452. The minimum Gasteiger partial charge on any atom is -0.491 e. The third-order valence-corrected chi connectivity index (χ3v) is 3.43. The van der Waals surface area contributed by atoms with Crippen LogP contribution >= 0.6 is 0 Å². The molecule has 0 heterocycles. The van der Waals surface area contributed by atoms with E-state index in [0.29, 0.717) is 17.8 Å². The molecule has 6 heteroatoms. The number of ether oxygens (including phenoxy) is 1. The molecule has 2 rings (SSSR count). The van der Waals surface area contributed by atoms with Crippen LogP contribution in [0, 0.1) is 0 Å². The summed E-state index contributed by atoms with van der Waals surface area (Å²) in [4.78, 5) is 23.8. The van der Waals surface area contributed by atoms with E-state index in [1.54, 1.807) is 24.3 Å². The van der Waals surface area contributed by atoms with Crippen LogP contribution in [0.2, 0.25) is 0 Å². The number of rotatable bonds is 8. The van der Waals surface area contributed by atoms with Gasteiger partial charge in [-0.1, -0.05) is 6.07 Å². The number of hydrogen-bond donors (Lipinski definition) is 3. The molecule has 26 heavy (non-hydrogen) atoms. The average molecular weight is 355 g/mol. The van der Waals surface area contributed by atoms with E-state index in [2.05, 4.69) is 16.0 Å². The molecule has 0 radical (unpaired) electrons. The van der Waals surface area contributed by atoms with Crippen molar-refractivity contribution in [3.8, 4) is 5.75 Å². The second kappa shape index (κ2) is 9.46. The highest BCUT2D eigenvalue weighted by atomic mass is 16.5. The summed E-state index contributed by atoms with van der Waals surface area (Å²) in [6, 6.07) is 14.3. The van der Waals surface area contributed by atoms with E-state index in [1.165, 1.54) is 0 Å². The van der Waals surface area contributed by atoms with Crippen molar-refractivity contribution in [2.24, 2.45) is 0 Å². The van der Waals surface area contributed by atoms with Crippen molar-refractivity contribution < 1.29 is 14.3 Å². The SMILES string of the molecule is CCNC(=O)c1ccc(NC(=O)CNc2cccc(OC(C)C)c2)cc1. The third kappa shape index (κ3) is 6.12. The smallest absolute Gasteiger partial charge is 0.251 e. The second-order valence-corrected chi connectivity index (χ2v) is 6.03. The largest absolute Gasteiger partial charge is 0.491 e. The number of benzene rings is 2. The highest BCUT2D eigenvalue weighted by molar-refractivity contribution is 5.96. The quantitative estimate of drug-likeness (QED) is 0.679. The zero-order valence-electron chi connectivity index (χ0n) is 15.3. The fourth-order valence-electron chi connectivity index (χ4n) is 2.31. The lowest BCUT2D eigenvalue weighted by atomic mass is 10.2. The molecule has 2 aromatic rings. The van der Waals surface area contributed by atoms with Crippen LogP contribution in [-0.2, 0) is 4.79 Å². The zero-order chi connectivity index (χ0) is 18.9. The number of carbonyl (C=O) groups is 2. The van der Waals surface area contributed by atoms with Gasteiger partial charge in [-0.3, -0.25) is 9.59 Å². The van der Waals surface area contributed by atoms with Gasteiger partial charge in [0.2, 0.25) is 5.91 Å². The van der Waals surface area contributed by atoms with Gasteiger partial charge in [-0.15, -0.1) is 0 Å². The van der Waals surface area contributed by atoms with Crippen LogP contribution in [0.5, 0.6) is 5.75 Å². The van der Waals surface area contributed by atoms with Crippen LogP contribution in [-0.4, -0.2) is 31.0 Å². The third-order valence-electron chi connectivity index (χ3n) is 3.43. The maximum Gasteiger partial charge on any atom is 0.251 e. The van der Waals surface area contributed by atoms with Crippen molar-refractivity contribution in [2.45, 2.75) is 26.9 Å². The number of amides is 2. The molecular formula is C20H25N3O3. The molecule has 0 aliphatic rings. The van der Waals surface area contributed by atoms with Gasteiger partial charge in [0.1, 0.15) is 5.75 Å². The molecule has 0 aliphatic heterocycles. The van der Waals surface area contributed by atoms with Gasteiger partial charge in [0, 0.05) is 29.5 Å². The van der Waals surface area contributed by atoms with Gasteiger partial charge in [-0.25, -0.2) is 0 Å². The molecule has 0 aliphatic carbocycles. The summed E-state index contributed by atoms with van der Waals surface area (Å²) in [6.45, 7) is 6.50. The first kappa shape index (κ1) is 19.3. The monoisotopic (exact) mass is 355 g/mol. The average Bonchev–Trinajstić information content (AvgIpc) is 2.60. The lowest BCUT2D eigenvalue weighted by Crippen LogP contribution is -2.23. The highest BCUT2D eigenvalue weighted by Gasteiger charge is 2.06. The summed E-state index contributed by atoms with van der Waals surface area (Å²) in [6.07, 6.45) is 0.0935. The second-order valence-electron chi connectivity index (χ2n) is 6.03. The standard InChI is InChI=1S/C20H25N3O3/c1-4-21-20(25)15-8-10-16(11-9-15)23-19(24)13-22-17-6-5-7-18(12-17)26-14(2)3/h5-12,14,22H,4,13H2,1-3H3,(H,21,25)(H,23,24). The van der Waals surface area contributed by atoms with E-state index in [1.807, 2.05) is 45.0 Å². The molecule has 2 aromatic carbocycles. The molecule has 0 spiro atoms. The Morgan fingerprint density at radius 1 is 1.04 bits per heavy atom. The first-order valence-corrected chi connectivity index (χ1v) is 8.66. The van der Waals surface area contributed by atoms with Crippen LogP contribution < -0.4 is 20.7 Å². The molecule has 0 saturated carbocycles. The molecule has 138 valence electrons. The van der Waals surface area contributed by atoms with Gasteiger partial charge in [-0.05, 0) is 57.2 Å². The van der Waals surface area contributed by atoms with Crippen LogP contribution in [0.1, 0.15) is 31.1 Å². The van der Waals surface area contributed by atoms with Gasteiger partial charge in [0.25, 0.3) is 5.91 Å². The summed E-state index contributed by atoms with van der Waals surface area (Å²) in [7, 11) is 0. The summed E-state index contributed by atoms with van der Waals surface area (Å²) in [5, 5.41) is 8.59. The Morgan fingerprint density at radius 2 is 1.77 bits per heavy atom. The number of nitrogens with one attached hydrogen (secondary N) is 3. The normalized spacial score (nSPS) is 10.3. The van der Waals surface area contributed by atoms with E-state index in [-0.39, 0.29) is 24.5 Å². The first-order valence-electron chi connectivity index (χ1n) is 8.66. The van der Waals surface area contributed by atoms with Gasteiger partial charge >= 0.3 is 0 Å². The van der Waals surface area contributed by atoms with Crippen molar-refractivity contribution in [1.82, 2.24) is 5.32 Å². The fraction of sp³-hybridized carbons (Fsp3) is 0.300. The molecule has 0 saturated heterocycles. The van der Waals surface area contributed by atoms with E-state index < -0.39 is 0 Å². The molecule has 0 bridgehead atoms. The molecule has 6 nitrogen and oxygen atoms in total. The van der Waals surface area contributed by atoms with Gasteiger partial charge in [0.05, 0.1) is 12.6 Å². The fourth-order valence-corrected chi connectivity index (χ4v) is 2.31. The highest BCUT2D eigenvalue weighted by Crippen LogP contribution is 2.18. The van der Waals surface area contributed by atoms with Crippen molar-refractivity contribution >= 4 is 23.2 Å². The molecule has 0 aromatic heterocycles. The number of anilines is 2. The molecule has 0 fully saturated rings. The predicted molar refractivity (Wildman–Crippen MR) is 104 cm³/mol. The Labute approximate surface area is 153 Å². The maximum absolute atomic E-state index is 12.1. The van der Waals surface area contributed by atoms with Crippen LogP contribution in [0.25, 0.3) is 0 Å². The van der Waals surface area contributed by atoms with Gasteiger partial charge < -0.3 is 20.7 Å². The molecular weight excluding hydrogens is 330 g/mol. The predicted octanol–water partition coefficient (Wildman–Crippen LogP) is 3.27. The first-order chi connectivity index (χ1) is 12.5. The number of carbonyl (C=O) groups excluding carboxylic acids is 2. The van der Waals surface area contributed by atoms with E-state index in [9.17, 15) is 9.59 Å². The molecule has 0 unspecified atom stereocenters. The Bertz CT molecular complexity index is 742. The van der Waals surface area contributed by atoms with Crippen molar-refractivity contribution in [1.29, 1.82) is 0 Å². The summed E-state index contributed by atoms with van der Waals surface area (Å²) >= 11 is 0. The van der Waals surface area contributed by atoms with Gasteiger partial charge in [0.15, 0.2) is 0 Å².